The van der Waals surface area contributed by atoms with Gasteiger partial charge in [0.15, 0.2) is 11.8 Å². The maximum atomic E-state index is 15.8. The number of nitrogens with one attached hydrogen (secondary N) is 1. The lowest BCUT2D eigenvalue weighted by Crippen LogP contribution is -2.70. The van der Waals surface area contributed by atoms with Crippen LogP contribution in [0.1, 0.15) is 141 Å². The SMILES string of the molecule is CCCCCC1(CCCCC)O[C@@H]2[C@H]3ON(Cc4cccc(C=C5CCC6O[C@]6(C)CC[C@@H]6[C@@H]5CC6(C)C)c4)[C@H]4C(=O)OC(CC34C(=O)N(C)[C@H](Cc3ccccc3)C(=O)NCCO)[C@@H]2O1. The first-order valence-electron chi connectivity index (χ1n) is 25.4. The lowest BCUT2D eigenvalue weighted by molar-refractivity contribution is -0.225. The van der Waals surface area contributed by atoms with Gasteiger partial charge in [0.25, 0.3) is 0 Å². The van der Waals surface area contributed by atoms with Crippen LogP contribution >= 0.6 is 0 Å². The Kier molecular flexibility index (Phi) is 13.7. The van der Waals surface area contributed by atoms with Crippen molar-refractivity contribution in [3.8, 4) is 0 Å². The van der Waals surface area contributed by atoms with E-state index in [2.05, 4.69) is 70.3 Å². The largest absolute Gasteiger partial charge is 0.458 e. The lowest BCUT2D eigenvalue weighted by Gasteiger charge is -2.53. The van der Waals surface area contributed by atoms with Crippen molar-refractivity contribution in [2.24, 2.45) is 22.7 Å². The fourth-order valence-corrected chi connectivity index (χ4v) is 13.1. The van der Waals surface area contributed by atoms with Gasteiger partial charge in [0, 0.05) is 39.3 Å². The minimum Gasteiger partial charge on any atom is -0.458 e. The van der Waals surface area contributed by atoms with E-state index in [1.54, 1.807) is 12.1 Å². The van der Waals surface area contributed by atoms with E-state index in [1.807, 2.05) is 30.3 Å². The van der Waals surface area contributed by atoms with Crippen LogP contribution in [0.2, 0.25) is 0 Å². The zero-order valence-electron chi connectivity index (χ0n) is 40.3. The van der Waals surface area contributed by atoms with Crippen molar-refractivity contribution in [2.75, 3.05) is 20.2 Å². The number of esters is 1. The van der Waals surface area contributed by atoms with Gasteiger partial charge >= 0.3 is 5.97 Å². The number of fused-ring (bicyclic) bond motifs is 6. The summed E-state index contributed by atoms with van der Waals surface area (Å²) in [5, 5.41) is 14.2. The number of nitrogens with zero attached hydrogens (tertiary/aromatic N) is 2. The van der Waals surface area contributed by atoms with Crippen LogP contribution in [0.5, 0.6) is 0 Å². The summed E-state index contributed by atoms with van der Waals surface area (Å²) in [5.74, 6) is -1.02. The zero-order chi connectivity index (χ0) is 46.4. The minimum atomic E-state index is -1.45. The van der Waals surface area contributed by atoms with E-state index >= 15 is 4.79 Å². The molecule has 360 valence electrons. The number of amides is 2. The molecule has 2 aromatic carbocycles. The summed E-state index contributed by atoms with van der Waals surface area (Å²) in [6.45, 7) is 11.5. The lowest BCUT2D eigenvalue weighted by atomic mass is 9.52. The van der Waals surface area contributed by atoms with Gasteiger partial charge in [-0.25, -0.2) is 0 Å². The standard InChI is InChI=1S/C54H75N3O9/c1-7-9-14-24-53(25-15-10-8-2)64-44-42-33-54(50(61)56(6)41(48(59)55-27-28-58)31-35-17-12-11-13-18-35)46(49(60)62-42)57(66-47(54)45(44)65-53)34-37-20-16-19-36(29-37)30-38-21-22-43-52(5,63-43)26-23-40-39(38)32-51(40,3)4/h11-13,16-20,29-30,39-47,58H,7-10,14-15,21-28,31-34H2,1-6H3,(H,55,59)/t39-,40-,41-,42?,43?,44+,45+,46+,47-,52-,54?/m1/s1. The zero-order valence-corrected chi connectivity index (χ0v) is 40.3. The minimum absolute atomic E-state index is 0.0166. The number of carbonyl (C=O) groups excluding carboxylic acids is 3. The molecule has 9 rings (SSSR count). The van der Waals surface area contributed by atoms with E-state index in [0.29, 0.717) is 36.2 Å². The van der Waals surface area contributed by atoms with Crippen LogP contribution in [0.15, 0.2) is 60.2 Å². The quantitative estimate of drug-likeness (QED) is 0.0858. The molecule has 3 aliphatic carbocycles. The first-order valence-corrected chi connectivity index (χ1v) is 25.4. The topological polar surface area (TPSA) is 139 Å². The van der Waals surface area contributed by atoms with Crippen molar-refractivity contribution < 1.29 is 43.3 Å². The summed E-state index contributed by atoms with van der Waals surface area (Å²) in [4.78, 5) is 53.1. The second kappa shape index (κ2) is 19.0. The summed E-state index contributed by atoms with van der Waals surface area (Å²) in [7, 11) is 1.65. The van der Waals surface area contributed by atoms with Crippen molar-refractivity contribution in [1.29, 1.82) is 0 Å². The Labute approximate surface area is 392 Å². The highest BCUT2D eigenvalue weighted by molar-refractivity contribution is 5.96. The molecule has 7 fully saturated rings. The number of ether oxygens (including phenoxy) is 4. The Bertz CT molecular complexity index is 2100. The Morgan fingerprint density at radius 2 is 1.65 bits per heavy atom. The molecule has 2 aromatic rings. The third-order valence-corrected chi connectivity index (χ3v) is 16.8. The molecule has 0 aromatic heterocycles. The average Bonchev–Trinajstić information content (AvgIpc) is 3.58. The van der Waals surface area contributed by atoms with Gasteiger partial charge in [-0.3, -0.25) is 19.2 Å². The molecule has 2 N–H and O–H groups in total. The molecule has 0 spiro atoms. The number of hydroxylamine groups is 2. The number of allylic oxidation sites excluding steroid dienone is 1. The number of carbonyl (C=O) groups is 3. The second-order valence-corrected chi connectivity index (χ2v) is 21.7. The molecule has 4 saturated heterocycles. The summed E-state index contributed by atoms with van der Waals surface area (Å²) in [5.41, 5.74) is 3.29. The van der Waals surface area contributed by atoms with Crippen molar-refractivity contribution in [3.05, 3.63) is 76.9 Å². The molecule has 12 nitrogen and oxygen atoms in total. The van der Waals surface area contributed by atoms with Gasteiger partial charge in [-0.1, -0.05) is 120 Å². The molecule has 7 aliphatic rings. The first kappa shape index (κ1) is 47.4. The second-order valence-electron chi connectivity index (χ2n) is 21.7. The molecule has 0 radical (unpaired) electrons. The first-order chi connectivity index (χ1) is 31.7. The number of unbranched alkanes of at least 4 members (excludes halogenated alkanes) is 4. The van der Waals surface area contributed by atoms with Crippen molar-refractivity contribution in [1.82, 2.24) is 15.3 Å². The molecule has 11 atom stereocenters. The maximum absolute atomic E-state index is 15.8. The van der Waals surface area contributed by atoms with Gasteiger partial charge < -0.3 is 34.3 Å². The van der Waals surface area contributed by atoms with Gasteiger partial charge in [-0.15, -0.1) is 0 Å². The van der Waals surface area contributed by atoms with Gasteiger partial charge in [-0.05, 0) is 85.8 Å². The molecular formula is C54H75N3O9. The fraction of sp³-hybridized carbons (Fsp3) is 0.685. The number of aliphatic hydroxyl groups is 1. The molecular weight excluding hydrogens is 835 g/mol. The molecule has 3 saturated carbocycles. The predicted molar refractivity (Wildman–Crippen MR) is 250 cm³/mol. The van der Waals surface area contributed by atoms with Crippen LogP contribution in [0.4, 0.5) is 0 Å². The normalized spacial score (nSPS) is 34.7. The Hall–Kier alpha value is -3.65. The number of aliphatic hydroxyl groups excluding tert-OH is 1. The van der Waals surface area contributed by atoms with Gasteiger partial charge in [0.05, 0.1) is 24.9 Å². The third kappa shape index (κ3) is 8.92. The van der Waals surface area contributed by atoms with E-state index in [-0.39, 0.29) is 50.0 Å². The highest BCUT2D eigenvalue weighted by atomic mass is 16.8. The van der Waals surface area contributed by atoms with Crippen LogP contribution in [0, 0.1) is 22.7 Å². The number of hydrogen-bond acceptors (Lipinski definition) is 10. The Morgan fingerprint density at radius 3 is 2.36 bits per heavy atom. The fourth-order valence-electron chi connectivity index (χ4n) is 13.1. The van der Waals surface area contributed by atoms with Gasteiger partial charge in [0.2, 0.25) is 11.8 Å². The Balaban J connectivity index is 1.06. The van der Waals surface area contributed by atoms with Crippen LogP contribution in [-0.4, -0.2) is 107 Å². The van der Waals surface area contributed by atoms with Crippen molar-refractivity contribution in [2.45, 2.75) is 191 Å². The molecule has 2 bridgehead atoms. The summed E-state index contributed by atoms with van der Waals surface area (Å²) in [6, 6.07) is 16.0. The summed E-state index contributed by atoms with van der Waals surface area (Å²) in [6.07, 6.45) is 13.1. The summed E-state index contributed by atoms with van der Waals surface area (Å²) < 4.78 is 26.8. The van der Waals surface area contributed by atoms with E-state index < -0.39 is 53.7 Å². The van der Waals surface area contributed by atoms with E-state index in [4.69, 9.17) is 23.8 Å². The number of hydrogen-bond donors (Lipinski definition) is 2. The van der Waals surface area contributed by atoms with Crippen LogP contribution in [0.3, 0.4) is 0 Å². The van der Waals surface area contributed by atoms with Crippen LogP contribution in [0.25, 0.3) is 6.08 Å². The monoisotopic (exact) mass is 910 g/mol. The number of epoxide rings is 1. The van der Waals surface area contributed by atoms with E-state index in [9.17, 15) is 14.7 Å². The van der Waals surface area contributed by atoms with Crippen molar-refractivity contribution >= 4 is 23.9 Å². The van der Waals surface area contributed by atoms with E-state index in [1.165, 1.54) is 23.3 Å². The van der Waals surface area contributed by atoms with Crippen LogP contribution in [-0.2, 0) is 51.1 Å². The molecule has 66 heavy (non-hydrogen) atoms. The predicted octanol–water partition coefficient (Wildman–Crippen LogP) is 8.08. The van der Waals surface area contributed by atoms with E-state index in [0.717, 1.165) is 74.5 Å². The smallest absolute Gasteiger partial charge is 0.327 e. The number of rotatable bonds is 18. The molecule has 4 aliphatic heterocycles. The Morgan fingerprint density at radius 1 is 0.924 bits per heavy atom. The highest BCUT2D eigenvalue weighted by Crippen LogP contribution is 2.61. The van der Waals surface area contributed by atoms with Gasteiger partial charge in [0.1, 0.15) is 35.9 Å². The third-order valence-electron chi connectivity index (χ3n) is 16.8. The molecule has 2 amide bonds. The molecule has 12 heteroatoms. The molecule has 3 unspecified atom stereocenters. The average molecular weight is 910 g/mol. The van der Waals surface area contributed by atoms with Gasteiger partial charge in [-0.2, -0.15) is 5.06 Å². The van der Waals surface area contributed by atoms with Crippen molar-refractivity contribution in [3.63, 3.8) is 0 Å². The maximum Gasteiger partial charge on any atom is 0.327 e. The molecule has 4 heterocycles. The highest BCUT2D eigenvalue weighted by Gasteiger charge is 2.77. The number of benzene rings is 2. The number of likely N-dealkylation sites (N-methyl/N-ethyl adjacent to an activating group) is 1. The summed E-state index contributed by atoms with van der Waals surface area (Å²) >= 11 is 0. The van der Waals surface area contributed by atoms with Crippen LogP contribution < -0.4 is 5.32 Å².